The van der Waals surface area contributed by atoms with E-state index in [9.17, 15) is 28.0 Å². The number of hydrogen-bond donors (Lipinski definition) is 4. The standard InChI is InChI=1S/C47H51F2N9O5/c1-55-42-26-29(6-10-40(42)58(47(55)62)41-11-12-43(59)51-46(41)61)4-2-3-15-56-16-18-57(19-17-56)35-7-8-36(39(28-35)50-34-13-20-63-21-14-34)45(60)52-44-37-25-30(5-9-38(37)53-54-44)22-31-23-32(48)27-33(49)24-31/h5-10,23-28,34,41,50H,2-4,11-22H2,1H3,(H,51,59,61)(H2,52,53,54,60). The maximum absolute atomic E-state index is 14.0. The van der Waals surface area contributed by atoms with Gasteiger partial charge in [0.15, 0.2) is 5.82 Å². The highest BCUT2D eigenvalue weighted by molar-refractivity contribution is 6.11. The summed E-state index contributed by atoms with van der Waals surface area (Å²) in [4.78, 5) is 56.3. The van der Waals surface area contributed by atoms with Gasteiger partial charge in [0.05, 0.1) is 22.1 Å². The highest BCUT2D eigenvalue weighted by Crippen LogP contribution is 2.30. The molecule has 3 fully saturated rings. The third-order valence-corrected chi connectivity index (χ3v) is 12.6. The monoisotopic (exact) mass is 859 g/mol. The molecule has 0 radical (unpaired) electrons. The van der Waals surface area contributed by atoms with E-state index in [0.29, 0.717) is 53.9 Å². The summed E-state index contributed by atoms with van der Waals surface area (Å²) < 4.78 is 36.5. The topological polar surface area (TPSA) is 159 Å². The van der Waals surface area contributed by atoms with E-state index >= 15 is 0 Å². The SMILES string of the molecule is Cn1c(=O)n(C2CCC(=O)NC2=O)c2ccc(CCCCN3CCN(c4ccc(C(=O)Nc5n[nH]c6ccc(Cc7cc(F)cc(F)c7)cc56)c(NC5CCOCC5)c4)CC3)cc21. The molecule has 0 bridgehead atoms. The van der Waals surface area contributed by atoms with Crippen LogP contribution in [0.3, 0.4) is 0 Å². The molecule has 0 saturated carbocycles. The molecular weight excluding hydrogens is 809 g/mol. The second kappa shape index (κ2) is 18.1. The zero-order chi connectivity index (χ0) is 43.6. The summed E-state index contributed by atoms with van der Waals surface area (Å²) in [5.74, 6) is -1.94. The Bertz CT molecular complexity index is 2730. The normalized spacial score (nSPS) is 17.7. The number of anilines is 3. The minimum atomic E-state index is -0.699. The van der Waals surface area contributed by atoms with Crippen LogP contribution in [-0.4, -0.2) is 93.9 Å². The summed E-state index contributed by atoms with van der Waals surface area (Å²) in [5.41, 5.74) is 6.68. The number of aryl methyl sites for hydroxylation is 2. The number of carbonyl (C=O) groups is 3. The number of nitrogens with zero attached hydrogens (tertiary/aromatic N) is 5. The highest BCUT2D eigenvalue weighted by atomic mass is 19.1. The fraction of sp³-hybridized carbons (Fsp3) is 0.383. The van der Waals surface area contributed by atoms with Crippen molar-refractivity contribution in [3.05, 3.63) is 117 Å². The third kappa shape index (κ3) is 9.23. The minimum absolute atomic E-state index is 0.159. The Hall–Kier alpha value is -6.39. The molecule has 0 aliphatic carbocycles. The number of nitrogens with one attached hydrogen (secondary N) is 4. The van der Waals surface area contributed by atoms with E-state index in [-0.39, 0.29) is 30.0 Å². The number of piperidine rings is 1. The molecule has 1 atom stereocenters. The van der Waals surface area contributed by atoms with Crippen LogP contribution in [0.1, 0.15) is 71.6 Å². The van der Waals surface area contributed by atoms with E-state index in [1.807, 2.05) is 48.5 Å². The summed E-state index contributed by atoms with van der Waals surface area (Å²) in [7, 11) is 1.72. The number of fused-ring (bicyclic) bond motifs is 2. The molecule has 0 spiro atoms. The lowest BCUT2D eigenvalue weighted by Gasteiger charge is -2.36. The Balaban J connectivity index is 0.817. The van der Waals surface area contributed by atoms with Crippen molar-refractivity contribution in [2.24, 2.45) is 7.05 Å². The number of rotatable bonds is 13. The summed E-state index contributed by atoms with van der Waals surface area (Å²) in [5, 5.41) is 17.1. The molecule has 328 valence electrons. The predicted molar refractivity (Wildman–Crippen MR) is 237 cm³/mol. The van der Waals surface area contributed by atoms with Crippen LogP contribution in [0, 0.1) is 11.6 Å². The molecule has 1 unspecified atom stereocenters. The number of benzene rings is 4. The maximum atomic E-state index is 14.0. The van der Waals surface area contributed by atoms with Crippen LogP contribution in [-0.2, 0) is 34.2 Å². The zero-order valence-corrected chi connectivity index (χ0v) is 35.2. The lowest BCUT2D eigenvalue weighted by Crippen LogP contribution is -2.46. The number of aromatic nitrogens is 4. The molecule has 3 aliphatic heterocycles. The first-order chi connectivity index (χ1) is 30.6. The number of aromatic amines is 1. The molecule has 9 rings (SSSR count). The number of amides is 3. The van der Waals surface area contributed by atoms with Gasteiger partial charge in [0.25, 0.3) is 5.91 Å². The predicted octanol–water partition coefficient (Wildman–Crippen LogP) is 6.05. The van der Waals surface area contributed by atoms with Crippen LogP contribution in [0.15, 0.2) is 77.6 Å². The van der Waals surface area contributed by atoms with E-state index in [0.717, 1.165) is 104 Å². The van der Waals surface area contributed by atoms with Gasteiger partial charge in [-0.25, -0.2) is 13.6 Å². The van der Waals surface area contributed by atoms with E-state index in [1.54, 1.807) is 11.6 Å². The Kier molecular flexibility index (Phi) is 12.1. The first-order valence-electron chi connectivity index (χ1n) is 21.8. The Morgan fingerprint density at radius 2 is 1.62 bits per heavy atom. The molecule has 14 nitrogen and oxygen atoms in total. The number of H-pyrrole nitrogens is 1. The summed E-state index contributed by atoms with van der Waals surface area (Å²) in [6.45, 7) is 5.80. The van der Waals surface area contributed by atoms with Crippen LogP contribution < -0.4 is 26.5 Å². The van der Waals surface area contributed by atoms with Gasteiger partial charge >= 0.3 is 5.69 Å². The van der Waals surface area contributed by atoms with Gasteiger partial charge in [0, 0.05) is 81.7 Å². The van der Waals surface area contributed by atoms with Crippen LogP contribution >= 0.6 is 0 Å². The second-order valence-electron chi connectivity index (χ2n) is 16.9. The largest absolute Gasteiger partial charge is 0.381 e. The fourth-order valence-electron chi connectivity index (χ4n) is 9.19. The average Bonchev–Trinajstić information content (AvgIpc) is 3.78. The van der Waals surface area contributed by atoms with E-state index in [2.05, 4.69) is 42.0 Å². The summed E-state index contributed by atoms with van der Waals surface area (Å²) in [6.07, 6.45) is 5.37. The smallest absolute Gasteiger partial charge is 0.329 e. The van der Waals surface area contributed by atoms with Crippen LogP contribution in [0.2, 0.25) is 0 Å². The van der Waals surface area contributed by atoms with Crippen LogP contribution in [0.4, 0.5) is 26.0 Å². The van der Waals surface area contributed by atoms with Crippen molar-refractivity contribution >= 4 is 56.9 Å². The first kappa shape index (κ1) is 41.9. The molecule has 6 aromatic rings. The molecule has 4 aromatic carbocycles. The van der Waals surface area contributed by atoms with Crippen molar-refractivity contribution in [3.8, 4) is 0 Å². The minimum Gasteiger partial charge on any atom is -0.381 e. The van der Waals surface area contributed by atoms with Gasteiger partial charge in [-0.2, -0.15) is 5.10 Å². The Morgan fingerprint density at radius 3 is 2.40 bits per heavy atom. The van der Waals surface area contributed by atoms with Gasteiger partial charge in [0.2, 0.25) is 11.8 Å². The van der Waals surface area contributed by atoms with Crippen molar-refractivity contribution in [3.63, 3.8) is 0 Å². The van der Waals surface area contributed by atoms with Crippen molar-refractivity contribution in [2.75, 3.05) is 61.5 Å². The Labute approximate surface area is 362 Å². The van der Waals surface area contributed by atoms with Crippen LogP contribution in [0.5, 0.6) is 0 Å². The number of carbonyl (C=O) groups excluding carboxylic acids is 3. The molecule has 5 heterocycles. The third-order valence-electron chi connectivity index (χ3n) is 12.6. The van der Waals surface area contributed by atoms with Gasteiger partial charge in [-0.05, 0) is 123 Å². The molecule has 3 aliphatic rings. The number of imide groups is 1. The molecule has 2 aromatic heterocycles. The van der Waals surface area contributed by atoms with E-state index in [4.69, 9.17) is 4.74 Å². The lowest BCUT2D eigenvalue weighted by atomic mass is 10.0. The van der Waals surface area contributed by atoms with Crippen molar-refractivity contribution in [1.82, 2.24) is 29.5 Å². The fourth-order valence-corrected chi connectivity index (χ4v) is 9.19. The number of ether oxygens (including phenoxy) is 1. The molecular formula is C47H51F2N9O5. The van der Waals surface area contributed by atoms with Gasteiger partial charge < -0.3 is 20.3 Å². The average molecular weight is 860 g/mol. The first-order valence-corrected chi connectivity index (χ1v) is 21.8. The molecule has 3 saturated heterocycles. The van der Waals surface area contributed by atoms with Gasteiger partial charge in [-0.3, -0.25) is 38.8 Å². The zero-order valence-electron chi connectivity index (χ0n) is 35.2. The Morgan fingerprint density at radius 1 is 0.841 bits per heavy atom. The van der Waals surface area contributed by atoms with Crippen molar-refractivity contribution in [2.45, 2.75) is 63.5 Å². The van der Waals surface area contributed by atoms with Crippen molar-refractivity contribution < 1.29 is 27.9 Å². The van der Waals surface area contributed by atoms with E-state index in [1.165, 1.54) is 16.7 Å². The summed E-state index contributed by atoms with van der Waals surface area (Å²) in [6, 6.07) is 20.5. The lowest BCUT2D eigenvalue weighted by molar-refractivity contribution is -0.135. The summed E-state index contributed by atoms with van der Waals surface area (Å²) >= 11 is 0. The molecule has 16 heteroatoms. The van der Waals surface area contributed by atoms with Crippen LogP contribution in [0.25, 0.3) is 21.9 Å². The van der Waals surface area contributed by atoms with Crippen molar-refractivity contribution in [1.29, 1.82) is 0 Å². The number of unbranched alkanes of at least 4 members (excludes halogenated alkanes) is 1. The number of piperazine rings is 1. The number of imidazole rings is 1. The van der Waals surface area contributed by atoms with Gasteiger partial charge in [-0.15, -0.1) is 0 Å². The van der Waals surface area contributed by atoms with E-state index < -0.39 is 23.6 Å². The highest BCUT2D eigenvalue weighted by Gasteiger charge is 2.31. The molecule has 3 amide bonds. The quantitative estimate of drug-likeness (QED) is 0.0802. The molecule has 4 N–H and O–H groups in total. The molecule has 63 heavy (non-hydrogen) atoms. The van der Waals surface area contributed by atoms with Gasteiger partial charge in [0.1, 0.15) is 17.7 Å². The maximum Gasteiger partial charge on any atom is 0.329 e. The second-order valence-corrected chi connectivity index (χ2v) is 16.9. The van der Waals surface area contributed by atoms with Gasteiger partial charge in [-0.1, -0.05) is 12.1 Å². The number of hydrogen-bond acceptors (Lipinski definition) is 9. The number of halogens is 2.